The zero-order valence-corrected chi connectivity index (χ0v) is 29.3. The second-order valence-electron chi connectivity index (χ2n) is 14.8. The first kappa shape index (κ1) is 33.3. The van der Waals surface area contributed by atoms with E-state index in [1.807, 2.05) is 19.1 Å². The van der Waals surface area contributed by atoms with Crippen molar-refractivity contribution in [3.05, 3.63) is 82.4 Å². The number of amides is 1. The molecule has 1 spiro atoms. The van der Waals surface area contributed by atoms with E-state index in [4.69, 9.17) is 16.3 Å². The summed E-state index contributed by atoms with van der Waals surface area (Å²) in [5, 5.41) is 12.5. The summed E-state index contributed by atoms with van der Waals surface area (Å²) in [6, 6.07) is 13.3. The van der Waals surface area contributed by atoms with Crippen molar-refractivity contribution >= 4 is 33.2 Å². The molecule has 0 saturated heterocycles. The van der Waals surface area contributed by atoms with Gasteiger partial charge in [0.1, 0.15) is 12.1 Å². The lowest BCUT2D eigenvalue weighted by atomic mass is 9.61. The van der Waals surface area contributed by atoms with Crippen molar-refractivity contribution < 1.29 is 23.1 Å². The number of rotatable bonds is 2. The van der Waals surface area contributed by atoms with E-state index in [-0.39, 0.29) is 28.7 Å². The van der Waals surface area contributed by atoms with Crippen molar-refractivity contribution in [2.24, 2.45) is 17.8 Å². The number of hydrogen-bond acceptors (Lipinski definition) is 8. The highest BCUT2D eigenvalue weighted by Crippen LogP contribution is 2.49. The molecule has 1 saturated carbocycles. The molecule has 11 heteroatoms. The van der Waals surface area contributed by atoms with E-state index in [0.29, 0.717) is 51.1 Å². The molecule has 48 heavy (non-hydrogen) atoms. The summed E-state index contributed by atoms with van der Waals surface area (Å²) < 4.78 is 35.9. The summed E-state index contributed by atoms with van der Waals surface area (Å²) in [6.45, 7) is 5.37. The molecular formula is C37H45ClN4O5S. The van der Waals surface area contributed by atoms with Gasteiger partial charge in [0, 0.05) is 47.4 Å². The number of halogens is 1. The Morgan fingerprint density at radius 1 is 1.08 bits per heavy atom. The molecule has 0 radical (unpaired) electrons. The normalized spacial score (nSPS) is 31.8. The second-order valence-corrected chi connectivity index (χ2v) is 17.2. The van der Waals surface area contributed by atoms with Crippen LogP contribution >= 0.6 is 11.6 Å². The van der Waals surface area contributed by atoms with Crippen LogP contribution in [0.15, 0.2) is 55.0 Å². The Balaban J connectivity index is 1.31. The first-order chi connectivity index (χ1) is 23.0. The van der Waals surface area contributed by atoms with Crippen molar-refractivity contribution in [3.8, 4) is 5.75 Å². The number of ether oxygens (including phenoxy) is 1. The maximum absolute atomic E-state index is 13.5. The molecule has 6 atom stereocenters. The van der Waals surface area contributed by atoms with Crippen LogP contribution in [0.4, 0.5) is 5.69 Å². The highest BCUT2D eigenvalue weighted by atomic mass is 35.5. The molecule has 1 amide bonds. The molecule has 4 aliphatic rings. The summed E-state index contributed by atoms with van der Waals surface area (Å²) in [6.07, 6.45) is 10.2. The quantitative estimate of drug-likeness (QED) is 0.342. The topological polar surface area (TPSA) is 122 Å². The number of carbonyl (C=O) groups is 1. The Kier molecular flexibility index (Phi) is 8.96. The van der Waals surface area contributed by atoms with Crippen LogP contribution in [-0.4, -0.2) is 59.9 Å². The smallest absolute Gasteiger partial charge is 0.264 e. The van der Waals surface area contributed by atoms with Gasteiger partial charge in [-0.1, -0.05) is 31.0 Å². The van der Waals surface area contributed by atoms with E-state index in [9.17, 15) is 18.3 Å². The fourth-order valence-electron chi connectivity index (χ4n) is 8.73. The van der Waals surface area contributed by atoms with Crippen LogP contribution in [0.5, 0.6) is 5.75 Å². The third-order valence-electron chi connectivity index (χ3n) is 11.8. The Bertz CT molecular complexity index is 1790. The van der Waals surface area contributed by atoms with E-state index in [1.54, 1.807) is 31.3 Å². The number of sulfonamides is 1. The third-order valence-corrected chi connectivity index (χ3v) is 13.9. The van der Waals surface area contributed by atoms with E-state index < -0.39 is 26.8 Å². The van der Waals surface area contributed by atoms with E-state index in [2.05, 4.69) is 31.7 Å². The van der Waals surface area contributed by atoms with Gasteiger partial charge < -0.3 is 14.7 Å². The minimum atomic E-state index is -3.96. The monoisotopic (exact) mass is 692 g/mol. The van der Waals surface area contributed by atoms with Crippen molar-refractivity contribution in [1.82, 2.24) is 14.7 Å². The van der Waals surface area contributed by atoms with Gasteiger partial charge in [-0.3, -0.25) is 4.79 Å². The fourth-order valence-corrected chi connectivity index (χ4v) is 10.2. The van der Waals surface area contributed by atoms with Crippen LogP contribution in [0.2, 0.25) is 5.02 Å². The van der Waals surface area contributed by atoms with Gasteiger partial charge in [-0.15, -0.1) is 0 Å². The molecule has 9 nitrogen and oxygen atoms in total. The number of nitrogens with zero attached hydrogens (tertiary/aromatic N) is 3. The number of nitrogens with one attached hydrogen (secondary N) is 1. The van der Waals surface area contributed by atoms with Crippen LogP contribution in [0, 0.1) is 17.8 Å². The van der Waals surface area contributed by atoms with Crippen molar-refractivity contribution in [2.75, 3.05) is 24.6 Å². The van der Waals surface area contributed by atoms with E-state index >= 15 is 0 Å². The molecule has 2 bridgehead atoms. The Morgan fingerprint density at radius 3 is 2.71 bits per heavy atom. The molecule has 3 aromatic rings. The number of aryl methyl sites for hydroxylation is 1. The fraction of sp³-hybridized carbons (Fsp3) is 0.541. The van der Waals surface area contributed by atoms with Crippen molar-refractivity contribution in [2.45, 2.75) is 87.9 Å². The molecular weight excluding hydrogens is 648 g/mol. The van der Waals surface area contributed by atoms with Crippen LogP contribution in [0.1, 0.15) is 86.0 Å². The molecule has 3 heterocycles. The lowest BCUT2D eigenvalue weighted by Gasteiger charge is -2.50. The number of carbonyl (C=O) groups excluding carboxylic acids is 1. The molecule has 2 N–H and O–H groups in total. The van der Waals surface area contributed by atoms with Gasteiger partial charge in [0.2, 0.25) is 10.0 Å². The average molecular weight is 693 g/mol. The first-order valence-electron chi connectivity index (χ1n) is 17.3. The minimum Gasteiger partial charge on any atom is -0.490 e. The molecule has 0 unspecified atom stereocenters. The Morgan fingerprint density at radius 2 is 1.94 bits per heavy atom. The largest absolute Gasteiger partial charge is 0.490 e. The van der Waals surface area contributed by atoms with E-state index in [0.717, 1.165) is 48.5 Å². The van der Waals surface area contributed by atoms with Crippen LogP contribution in [0.3, 0.4) is 0 Å². The first-order valence-corrected chi connectivity index (χ1v) is 19.2. The second kappa shape index (κ2) is 12.9. The van der Waals surface area contributed by atoms with Gasteiger partial charge in [-0.05, 0) is 117 Å². The molecule has 1 aromatic heterocycles. The number of fused-ring (bicyclic) bond motifs is 4. The molecule has 7 rings (SSSR count). The predicted octanol–water partition coefficient (Wildman–Crippen LogP) is 5.87. The van der Waals surface area contributed by atoms with Crippen molar-refractivity contribution in [1.29, 1.82) is 0 Å². The average Bonchev–Trinajstić information content (AvgIpc) is 3.19. The lowest BCUT2D eigenvalue weighted by molar-refractivity contribution is -0.0886. The zero-order chi connectivity index (χ0) is 33.7. The van der Waals surface area contributed by atoms with Crippen molar-refractivity contribution in [3.63, 3.8) is 0 Å². The number of anilines is 1. The van der Waals surface area contributed by atoms with Crippen LogP contribution < -0.4 is 14.4 Å². The third kappa shape index (κ3) is 6.31. The van der Waals surface area contributed by atoms with Crippen LogP contribution in [0.25, 0.3) is 0 Å². The standard InChI is InChI=1S/C37H45ClN4O5S/c1-24-5-3-15-37(44,19-30-13-16-39-23-40-30)32-10-7-28(32)20-42-21-36(14-4-6-26-17-29(38)9-11-31(26)36)22-47-34-12-8-27(18-33(34)42)35(43)41-48(45,46)25(24)2/h8-9,11-13,16-18,23-25,28,32,44H,3-7,10,14-15,19-22H2,1-2H3,(H,41,43)/t24-,25+,28-,32+,36-,37-/m0/s1. The highest BCUT2D eigenvalue weighted by Gasteiger charge is 2.49. The zero-order valence-electron chi connectivity index (χ0n) is 27.7. The van der Waals surface area contributed by atoms with E-state index in [1.165, 1.54) is 17.5 Å². The Hall–Kier alpha value is -3.21. The molecule has 256 valence electrons. The summed E-state index contributed by atoms with van der Waals surface area (Å²) >= 11 is 6.45. The summed E-state index contributed by atoms with van der Waals surface area (Å²) in [7, 11) is -3.96. The predicted molar refractivity (Wildman–Crippen MR) is 186 cm³/mol. The molecule has 2 aromatic carbocycles. The Labute approximate surface area is 288 Å². The molecule has 2 aliphatic heterocycles. The van der Waals surface area contributed by atoms with Gasteiger partial charge in [0.15, 0.2) is 0 Å². The van der Waals surface area contributed by atoms with Gasteiger partial charge in [-0.2, -0.15) is 0 Å². The summed E-state index contributed by atoms with van der Waals surface area (Å²) in [4.78, 5) is 24.4. The SMILES string of the molecule is C[C@@H]1[C@@H](C)CCC[C@](O)(Cc2ccncn2)[C@@H]2CC[C@H]2CN2C[C@@]3(CCCc4cc(Cl)ccc43)COc3ccc(cc32)C(=O)NS1(=O)=O. The minimum absolute atomic E-state index is 0.0318. The summed E-state index contributed by atoms with van der Waals surface area (Å²) in [5.74, 6) is 0.0486. The van der Waals surface area contributed by atoms with Gasteiger partial charge in [-0.25, -0.2) is 23.1 Å². The number of aromatic nitrogens is 2. The molecule has 2 aliphatic carbocycles. The number of aliphatic hydroxyl groups is 1. The maximum Gasteiger partial charge on any atom is 0.264 e. The summed E-state index contributed by atoms with van der Waals surface area (Å²) in [5.41, 5.74) is 3.03. The highest BCUT2D eigenvalue weighted by molar-refractivity contribution is 7.90. The lowest BCUT2D eigenvalue weighted by Crippen LogP contribution is -2.54. The number of hydrogen-bond donors (Lipinski definition) is 2. The van der Waals surface area contributed by atoms with Gasteiger partial charge in [0.25, 0.3) is 5.91 Å². The van der Waals surface area contributed by atoms with Gasteiger partial charge >= 0.3 is 0 Å². The molecule has 1 fully saturated rings. The maximum atomic E-state index is 13.5. The number of benzene rings is 2. The van der Waals surface area contributed by atoms with Gasteiger partial charge in [0.05, 0.1) is 23.1 Å². The van der Waals surface area contributed by atoms with Crippen LogP contribution in [-0.2, 0) is 28.3 Å².